The van der Waals surface area contributed by atoms with Crippen LogP contribution in [-0.4, -0.2) is 59.9 Å². The number of carbonyl (C=O) groups is 2. The first-order chi connectivity index (χ1) is 17.0. The van der Waals surface area contributed by atoms with Crippen LogP contribution in [0.3, 0.4) is 0 Å². The summed E-state index contributed by atoms with van der Waals surface area (Å²) in [5.74, 6) is 1.34. The molecule has 3 aromatic rings. The van der Waals surface area contributed by atoms with Gasteiger partial charge in [-0.3, -0.25) is 14.6 Å². The molecule has 2 atom stereocenters. The van der Waals surface area contributed by atoms with E-state index in [0.29, 0.717) is 40.9 Å². The van der Waals surface area contributed by atoms with E-state index in [1.807, 2.05) is 6.92 Å². The minimum atomic E-state index is -0.938. The van der Waals surface area contributed by atoms with Crippen molar-refractivity contribution in [1.82, 2.24) is 15.1 Å². The molecule has 1 fully saturated rings. The summed E-state index contributed by atoms with van der Waals surface area (Å²) in [6, 6.07) is 10.2. The highest BCUT2D eigenvalue weighted by molar-refractivity contribution is 6.25. The summed E-state index contributed by atoms with van der Waals surface area (Å²) in [5, 5.41) is 13.5. The zero-order valence-corrected chi connectivity index (χ0v) is 19.2. The number of benzene rings is 2. The summed E-state index contributed by atoms with van der Waals surface area (Å²) < 4.78 is 21.5. The Hall–Kier alpha value is -4.48. The smallest absolute Gasteiger partial charge is 0.263 e. The number of fused-ring (bicyclic) bond motifs is 1. The molecule has 2 amide bonds. The van der Waals surface area contributed by atoms with E-state index in [1.54, 1.807) is 49.6 Å². The van der Waals surface area contributed by atoms with Crippen molar-refractivity contribution in [3.8, 4) is 28.6 Å². The van der Waals surface area contributed by atoms with Crippen molar-refractivity contribution in [1.29, 1.82) is 0 Å². The van der Waals surface area contributed by atoms with Gasteiger partial charge in [0.1, 0.15) is 12.3 Å². The topological polar surface area (TPSA) is 132 Å². The summed E-state index contributed by atoms with van der Waals surface area (Å²) in [6.07, 6.45) is 0. The third-order valence-electron chi connectivity index (χ3n) is 5.66. The SMILES string of the molecule is CCOc1ccc(-c2noc(CN3N=N[C@@H]4C(=O)N(c5cccc(OC)c5)C(=O)[C@@H]43)n2)cc1OC. The molecule has 0 unspecified atom stereocenters. The molecule has 2 aliphatic rings. The molecule has 0 bridgehead atoms. The van der Waals surface area contributed by atoms with E-state index in [-0.39, 0.29) is 12.4 Å². The van der Waals surface area contributed by atoms with Crippen LogP contribution in [0.2, 0.25) is 0 Å². The molecule has 0 N–H and O–H groups in total. The van der Waals surface area contributed by atoms with Crippen LogP contribution in [0.25, 0.3) is 11.4 Å². The Morgan fingerprint density at radius 1 is 1.03 bits per heavy atom. The quantitative estimate of drug-likeness (QED) is 0.448. The van der Waals surface area contributed by atoms with Gasteiger partial charge >= 0.3 is 0 Å². The Labute approximate surface area is 200 Å². The second-order valence-electron chi connectivity index (χ2n) is 7.72. The van der Waals surface area contributed by atoms with Crippen molar-refractivity contribution in [3.63, 3.8) is 0 Å². The highest BCUT2D eigenvalue weighted by Crippen LogP contribution is 2.35. The number of carbonyl (C=O) groups excluding carboxylic acids is 2. The first-order valence-electron chi connectivity index (χ1n) is 10.9. The van der Waals surface area contributed by atoms with Gasteiger partial charge in [0.2, 0.25) is 11.7 Å². The first-order valence-corrected chi connectivity index (χ1v) is 10.9. The Kier molecular flexibility index (Phi) is 5.77. The van der Waals surface area contributed by atoms with Crippen molar-refractivity contribution in [2.75, 3.05) is 25.7 Å². The second-order valence-corrected chi connectivity index (χ2v) is 7.72. The van der Waals surface area contributed by atoms with E-state index in [4.69, 9.17) is 18.7 Å². The van der Waals surface area contributed by atoms with Gasteiger partial charge in [-0.05, 0) is 37.3 Å². The average molecular weight is 478 g/mol. The number of aromatic nitrogens is 2. The van der Waals surface area contributed by atoms with Crippen LogP contribution in [0.15, 0.2) is 57.3 Å². The van der Waals surface area contributed by atoms with Gasteiger partial charge in [0, 0.05) is 11.6 Å². The second kappa shape index (κ2) is 9.05. The number of nitrogens with zero attached hydrogens (tertiary/aromatic N) is 6. The van der Waals surface area contributed by atoms with Crippen molar-refractivity contribution in [2.24, 2.45) is 10.3 Å². The molecule has 3 heterocycles. The number of methoxy groups -OCH3 is 2. The molecule has 2 aliphatic heterocycles. The highest BCUT2D eigenvalue weighted by Gasteiger charge is 2.55. The molecule has 0 saturated carbocycles. The zero-order chi connectivity index (χ0) is 24.5. The van der Waals surface area contributed by atoms with E-state index in [9.17, 15) is 9.59 Å². The lowest BCUT2D eigenvalue weighted by molar-refractivity contribution is -0.123. The van der Waals surface area contributed by atoms with Crippen LogP contribution >= 0.6 is 0 Å². The predicted molar refractivity (Wildman–Crippen MR) is 121 cm³/mol. The van der Waals surface area contributed by atoms with Gasteiger partial charge in [-0.2, -0.15) is 10.1 Å². The third-order valence-corrected chi connectivity index (χ3v) is 5.66. The number of rotatable bonds is 8. The van der Waals surface area contributed by atoms with E-state index in [1.165, 1.54) is 12.1 Å². The van der Waals surface area contributed by atoms with Crippen LogP contribution in [0.4, 0.5) is 5.69 Å². The minimum Gasteiger partial charge on any atom is -0.497 e. The zero-order valence-electron chi connectivity index (χ0n) is 19.2. The summed E-state index contributed by atoms with van der Waals surface area (Å²) in [5.41, 5.74) is 1.07. The highest BCUT2D eigenvalue weighted by atomic mass is 16.5. The number of hydrogen-bond acceptors (Lipinski definition) is 11. The van der Waals surface area contributed by atoms with Crippen LogP contribution < -0.4 is 19.1 Å². The summed E-state index contributed by atoms with van der Waals surface area (Å²) in [6.45, 7) is 2.40. The Morgan fingerprint density at radius 2 is 1.89 bits per heavy atom. The van der Waals surface area contributed by atoms with Gasteiger partial charge in [0.05, 0.1) is 26.5 Å². The third kappa shape index (κ3) is 3.92. The van der Waals surface area contributed by atoms with Crippen LogP contribution in [0, 0.1) is 0 Å². The van der Waals surface area contributed by atoms with E-state index in [0.717, 1.165) is 4.90 Å². The lowest BCUT2D eigenvalue weighted by Crippen LogP contribution is -2.39. The lowest BCUT2D eigenvalue weighted by Gasteiger charge is -2.19. The molecule has 1 aromatic heterocycles. The summed E-state index contributed by atoms with van der Waals surface area (Å²) in [4.78, 5) is 31.6. The first kappa shape index (κ1) is 22.3. The van der Waals surface area contributed by atoms with E-state index >= 15 is 0 Å². The molecule has 35 heavy (non-hydrogen) atoms. The Morgan fingerprint density at radius 3 is 2.66 bits per heavy atom. The van der Waals surface area contributed by atoms with Gasteiger partial charge in [0.25, 0.3) is 11.8 Å². The molecule has 180 valence electrons. The van der Waals surface area contributed by atoms with Crippen LogP contribution in [0.1, 0.15) is 12.8 Å². The van der Waals surface area contributed by atoms with Crippen molar-refractivity contribution < 1.29 is 28.3 Å². The fourth-order valence-corrected chi connectivity index (χ4v) is 4.01. The molecule has 0 aliphatic carbocycles. The normalized spacial score (nSPS) is 18.8. The van der Waals surface area contributed by atoms with E-state index in [2.05, 4.69) is 20.5 Å². The lowest BCUT2D eigenvalue weighted by atomic mass is 10.1. The molecule has 2 aromatic carbocycles. The molecule has 1 saturated heterocycles. The molecule has 12 heteroatoms. The molecule has 12 nitrogen and oxygen atoms in total. The monoisotopic (exact) mass is 478 g/mol. The maximum absolute atomic E-state index is 13.2. The molecule has 0 spiro atoms. The maximum Gasteiger partial charge on any atom is 0.263 e. The van der Waals surface area contributed by atoms with Gasteiger partial charge in [-0.1, -0.05) is 16.4 Å². The Bertz CT molecular complexity index is 1310. The summed E-state index contributed by atoms with van der Waals surface area (Å²) in [7, 11) is 3.06. The predicted octanol–water partition coefficient (Wildman–Crippen LogP) is 2.65. The molecule has 5 rings (SSSR count). The van der Waals surface area contributed by atoms with Crippen molar-refractivity contribution in [3.05, 3.63) is 48.4 Å². The number of hydrogen-bond donors (Lipinski definition) is 0. The average Bonchev–Trinajstić information content (AvgIpc) is 3.57. The van der Waals surface area contributed by atoms with Gasteiger partial charge in [0.15, 0.2) is 23.6 Å². The van der Waals surface area contributed by atoms with Crippen LogP contribution in [0.5, 0.6) is 17.2 Å². The number of amides is 2. The number of imide groups is 1. The van der Waals surface area contributed by atoms with Gasteiger partial charge in [-0.25, -0.2) is 4.90 Å². The van der Waals surface area contributed by atoms with Crippen molar-refractivity contribution >= 4 is 17.5 Å². The molecular weight excluding hydrogens is 456 g/mol. The maximum atomic E-state index is 13.2. The number of anilines is 1. The van der Waals surface area contributed by atoms with Crippen molar-refractivity contribution in [2.45, 2.75) is 25.6 Å². The molecule has 0 radical (unpaired) electrons. The standard InChI is InChI=1S/C23H22N6O6/c1-4-34-16-9-8-13(10-17(16)33-3)21-24-18(35-26-21)12-28-20-19(25-27-28)22(30)29(23(20)31)14-6-5-7-15(11-14)32-2/h5-11,19-20H,4,12H2,1-3H3/t19-,20+/m0/s1. The van der Waals surface area contributed by atoms with E-state index < -0.39 is 23.9 Å². The Balaban J connectivity index is 1.34. The number of ether oxygens (including phenoxy) is 3. The van der Waals surface area contributed by atoms with Gasteiger partial charge < -0.3 is 18.7 Å². The van der Waals surface area contributed by atoms with Crippen LogP contribution in [-0.2, 0) is 16.1 Å². The van der Waals surface area contributed by atoms with Gasteiger partial charge in [-0.15, -0.1) is 0 Å². The minimum absolute atomic E-state index is 0.0107. The largest absolute Gasteiger partial charge is 0.497 e. The fourth-order valence-electron chi connectivity index (χ4n) is 4.01. The molecular formula is C23H22N6O6. The summed E-state index contributed by atoms with van der Waals surface area (Å²) >= 11 is 0. The fraction of sp³-hybridized carbons (Fsp3) is 0.304.